The molecule has 0 fully saturated rings. The summed E-state index contributed by atoms with van der Waals surface area (Å²) in [6, 6.07) is 15.1. The highest BCUT2D eigenvalue weighted by Crippen LogP contribution is 2.28. The van der Waals surface area contributed by atoms with Gasteiger partial charge in [0.2, 0.25) is 5.82 Å². The molecule has 1 aromatic carbocycles. The van der Waals surface area contributed by atoms with Crippen molar-refractivity contribution in [1.29, 1.82) is 0 Å². The Labute approximate surface area is 149 Å². The average Bonchev–Trinajstić information content (AvgIpc) is 2.68. The smallest absolute Gasteiger partial charge is 0.347 e. The van der Waals surface area contributed by atoms with Crippen LogP contribution in [0.1, 0.15) is 12.0 Å². The van der Waals surface area contributed by atoms with Crippen LogP contribution in [0.25, 0.3) is 11.2 Å². The minimum absolute atomic E-state index is 0.134. The molecule has 0 saturated heterocycles. The van der Waals surface area contributed by atoms with Crippen molar-refractivity contribution >= 4 is 22.7 Å². The van der Waals surface area contributed by atoms with Gasteiger partial charge in [-0.25, -0.2) is 4.98 Å². The Morgan fingerprint density at radius 1 is 1.08 bits per heavy atom. The molecule has 1 aliphatic heterocycles. The number of nitrogens with zero attached hydrogens (tertiary/aromatic N) is 4. The summed E-state index contributed by atoms with van der Waals surface area (Å²) in [5, 5.41) is 11.5. The molecule has 3 heterocycles. The van der Waals surface area contributed by atoms with Gasteiger partial charge in [-0.2, -0.15) is 0 Å². The zero-order valence-electron chi connectivity index (χ0n) is 13.9. The number of benzene rings is 1. The highest BCUT2D eigenvalue weighted by Gasteiger charge is 2.28. The van der Waals surface area contributed by atoms with Gasteiger partial charge in [-0.05, 0) is 29.7 Å². The van der Waals surface area contributed by atoms with Gasteiger partial charge in [0, 0.05) is 19.3 Å². The van der Waals surface area contributed by atoms with Crippen molar-refractivity contribution in [3.63, 3.8) is 0 Å². The fourth-order valence-corrected chi connectivity index (χ4v) is 3.22. The maximum Gasteiger partial charge on any atom is 0.376 e. The number of pyridine rings is 1. The van der Waals surface area contributed by atoms with Crippen molar-refractivity contribution in [2.75, 3.05) is 18.0 Å². The van der Waals surface area contributed by atoms with Crippen LogP contribution in [-0.2, 0) is 0 Å². The quantitative estimate of drug-likeness (QED) is 0.537. The molecule has 0 bridgehead atoms. The summed E-state index contributed by atoms with van der Waals surface area (Å²) >= 11 is 0. The van der Waals surface area contributed by atoms with E-state index in [1.807, 2.05) is 36.4 Å². The molecule has 3 aromatic rings. The molecule has 0 N–H and O–H groups in total. The SMILES string of the molecule is O=c1c([N+](=O)[O-])c(N2CC=C(c3ccccc3)CC2)nc2ccccn12. The standard InChI is InChI=1S/C19H16N4O3/c24-19-17(23(25)26)18(20-16-8-4-5-11-22(16)19)21-12-9-15(10-13-21)14-6-2-1-3-7-14/h1-9,11H,10,12-13H2. The fourth-order valence-electron chi connectivity index (χ4n) is 3.22. The topological polar surface area (TPSA) is 80.8 Å². The van der Waals surface area contributed by atoms with E-state index in [1.165, 1.54) is 16.2 Å². The number of aromatic nitrogens is 2. The molecular weight excluding hydrogens is 332 g/mol. The number of hydrogen-bond donors (Lipinski definition) is 0. The minimum Gasteiger partial charge on any atom is -0.347 e. The highest BCUT2D eigenvalue weighted by atomic mass is 16.6. The van der Waals surface area contributed by atoms with Crippen LogP contribution in [0.5, 0.6) is 0 Å². The minimum atomic E-state index is -0.659. The fraction of sp³-hybridized carbons (Fsp3) is 0.158. The van der Waals surface area contributed by atoms with Crippen molar-refractivity contribution in [2.24, 2.45) is 0 Å². The molecule has 130 valence electrons. The van der Waals surface area contributed by atoms with Gasteiger partial charge in [0.15, 0.2) is 0 Å². The molecule has 0 aliphatic carbocycles. The van der Waals surface area contributed by atoms with E-state index in [1.54, 1.807) is 23.1 Å². The lowest BCUT2D eigenvalue weighted by atomic mass is 9.99. The molecule has 7 nitrogen and oxygen atoms in total. The van der Waals surface area contributed by atoms with Crippen LogP contribution in [-0.4, -0.2) is 27.4 Å². The van der Waals surface area contributed by atoms with Crippen molar-refractivity contribution < 1.29 is 4.92 Å². The number of hydrogen-bond acceptors (Lipinski definition) is 5. The summed E-state index contributed by atoms with van der Waals surface area (Å²) in [6.45, 7) is 1.04. The second kappa shape index (κ2) is 6.44. The van der Waals surface area contributed by atoms with Gasteiger partial charge < -0.3 is 4.90 Å². The monoisotopic (exact) mass is 348 g/mol. The second-order valence-corrected chi connectivity index (χ2v) is 6.07. The van der Waals surface area contributed by atoms with Crippen LogP contribution >= 0.6 is 0 Å². The molecule has 1 aliphatic rings. The molecular formula is C19H16N4O3. The van der Waals surface area contributed by atoms with Crippen molar-refractivity contribution in [3.05, 3.63) is 86.8 Å². The first kappa shape index (κ1) is 16.0. The average molecular weight is 348 g/mol. The first-order valence-electron chi connectivity index (χ1n) is 8.30. The predicted octanol–water partition coefficient (Wildman–Crippen LogP) is 2.90. The summed E-state index contributed by atoms with van der Waals surface area (Å²) in [6.07, 6.45) is 4.26. The normalized spacial score (nSPS) is 14.3. The van der Waals surface area contributed by atoms with Crippen LogP contribution in [0.15, 0.2) is 65.6 Å². The lowest BCUT2D eigenvalue weighted by Crippen LogP contribution is -2.32. The van der Waals surface area contributed by atoms with Gasteiger partial charge in [-0.1, -0.05) is 42.5 Å². The van der Waals surface area contributed by atoms with Gasteiger partial charge in [0.1, 0.15) is 5.65 Å². The zero-order valence-corrected chi connectivity index (χ0v) is 13.9. The van der Waals surface area contributed by atoms with E-state index in [-0.39, 0.29) is 5.82 Å². The third kappa shape index (κ3) is 2.73. The molecule has 0 saturated carbocycles. The van der Waals surface area contributed by atoms with Crippen LogP contribution in [0.4, 0.5) is 11.5 Å². The Morgan fingerprint density at radius 2 is 1.85 bits per heavy atom. The van der Waals surface area contributed by atoms with Gasteiger partial charge >= 0.3 is 11.2 Å². The first-order chi connectivity index (χ1) is 12.6. The lowest BCUT2D eigenvalue weighted by Gasteiger charge is -2.27. The van der Waals surface area contributed by atoms with E-state index in [4.69, 9.17) is 0 Å². The Bertz CT molecular complexity index is 1070. The highest BCUT2D eigenvalue weighted by molar-refractivity contribution is 5.70. The van der Waals surface area contributed by atoms with Crippen LogP contribution in [0, 0.1) is 10.1 Å². The molecule has 0 amide bonds. The third-order valence-corrected chi connectivity index (χ3v) is 4.53. The summed E-state index contributed by atoms with van der Waals surface area (Å²) in [7, 11) is 0. The van der Waals surface area contributed by atoms with Gasteiger partial charge in [0.05, 0.1) is 4.92 Å². The molecule has 26 heavy (non-hydrogen) atoms. The molecule has 2 aromatic heterocycles. The van der Waals surface area contributed by atoms with Gasteiger partial charge in [-0.3, -0.25) is 19.3 Å². The summed E-state index contributed by atoms with van der Waals surface area (Å²) in [5.74, 6) is 0.134. The summed E-state index contributed by atoms with van der Waals surface area (Å²) in [5.41, 5.74) is 1.60. The van der Waals surface area contributed by atoms with Gasteiger partial charge in [0.25, 0.3) is 0 Å². The van der Waals surface area contributed by atoms with E-state index >= 15 is 0 Å². The van der Waals surface area contributed by atoms with Gasteiger partial charge in [-0.15, -0.1) is 0 Å². The second-order valence-electron chi connectivity index (χ2n) is 6.07. The molecule has 0 radical (unpaired) electrons. The number of rotatable bonds is 3. The molecule has 0 spiro atoms. The molecule has 0 unspecified atom stereocenters. The van der Waals surface area contributed by atoms with E-state index in [9.17, 15) is 14.9 Å². The van der Waals surface area contributed by atoms with Crippen molar-refractivity contribution in [2.45, 2.75) is 6.42 Å². The van der Waals surface area contributed by atoms with Crippen molar-refractivity contribution in [3.8, 4) is 0 Å². The van der Waals surface area contributed by atoms with E-state index < -0.39 is 16.2 Å². The van der Waals surface area contributed by atoms with Crippen molar-refractivity contribution in [1.82, 2.24) is 9.38 Å². The first-order valence-corrected chi connectivity index (χ1v) is 8.30. The lowest BCUT2D eigenvalue weighted by molar-refractivity contribution is -0.385. The van der Waals surface area contributed by atoms with E-state index in [0.29, 0.717) is 18.7 Å². The number of nitro groups is 1. The van der Waals surface area contributed by atoms with Crippen LogP contribution in [0.3, 0.4) is 0 Å². The third-order valence-electron chi connectivity index (χ3n) is 4.53. The van der Waals surface area contributed by atoms with Crippen LogP contribution in [0.2, 0.25) is 0 Å². The maximum absolute atomic E-state index is 12.6. The molecule has 0 atom stereocenters. The maximum atomic E-state index is 12.6. The molecule has 7 heteroatoms. The Balaban J connectivity index is 1.76. The molecule has 4 rings (SSSR count). The largest absolute Gasteiger partial charge is 0.376 e. The van der Waals surface area contributed by atoms with Crippen LogP contribution < -0.4 is 10.5 Å². The van der Waals surface area contributed by atoms with E-state index in [0.717, 1.165) is 12.0 Å². The number of anilines is 1. The summed E-state index contributed by atoms with van der Waals surface area (Å²) < 4.78 is 1.21. The predicted molar refractivity (Wildman–Crippen MR) is 99.4 cm³/mol. The summed E-state index contributed by atoms with van der Waals surface area (Å²) in [4.78, 5) is 29.6. The number of fused-ring (bicyclic) bond motifs is 1. The Hall–Kier alpha value is -3.48. The Kier molecular flexibility index (Phi) is 3.96. The Morgan fingerprint density at radius 3 is 2.54 bits per heavy atom. The van der Waals surface area contributed by atoms with E-state index in [2.05, 4.69) is 4.98 Å². The zero-order chi connectivity index (χ0) is 18.1.